The zero-order valence-electron chi connectivity index (χ0n) is 7.26. The number of hydrogen-bond acceptors (Lipinski definition) is 2. The highest BCUT2D eigenvalue weighted by atomic mass is 16.5. The number of carbonyl (C=O) groups excluding carboxylic acids is 1. The van der Waals surface area contributed by atoms with Crippen LogP contribution in [-0.2, 0) is 9.53 Å². The molecule has 2 heteroatoms. The third-order valence-electron chi connectivity index (χ3n) is 2.16. The first-order valence-corrected chi connectivity index (χ1v) is 3.93. The highest BCUT2D eigenvalue weighted by Crippen LogP contribution is 2.27. The van der Waals surface area contributed by atoms with Crippen molar-refractivity contribution in [3.63, 3.8) is 0 Å². The fourth-order valence-electron chi connectivity index (χ4n) is 1.35. The van der Waals surface area contributed by atoms with E-state index in [0.717, 1.165) is 12.2 Å². The lowest BCUT2D eigenvalue weighted by atomic mass is 9.93. The summed E-state index contributed by atoms with van der Waals surface area (Å²) in [5, 5.41) is 0. The average Bonchev–Trinajstić information content (AvgIpc) is 2.30. The van der Waals surface area contributed by atoms with Gasteiger partial charge in [0.05, 0.1) is 12.9 Å². The van der Waals surface area contributed by atoms with Gasteiger partial charge in [-0.2, -0.15) is 0 Å². The highest BCUT2D eigenvalue weighted by Gasteiger charge is 2.28. The molecule has 0 bridgehead atoms. The molecule has 2 nitrogen and oxygen atoms in total. The molecule has 0 spiro atoms. The van der Waals surface area contributed by atoms with Gasteiger partial charge in [-0.25, -0.2) is 0 Å². The van der Waals surface area contributed by atoms with Gasteiger partial charge < -0.3 is 4.74 Å². The van der Waals surface area contributed by atoms with Crippen molar-refractivity contribution in [2.24, 2.45) is 11.8 Å². The molecule has 0 radical (unpaired) electrons. The molecule has 1 atom stereocenters. The molecule has 0 aromatic carbocycles. The minimum absolute atomic E-state index is 0.157. The Morgan fingerprint density at radius 3 is 2.55 bits per heavy atom. The summed E-state index contributed by atoms with van der Waals surface area (Å²) < 4.78 is 5.00. The molecule has 0 aromatic rings. The van der Waals surface area contributed by atoms with E-state index in [1.807, 2.05) is 0 Å². The molecular formula is C9H14O2. The average molecular weight is 154 g/mol. The van der Waals surface area contributed by atoms with Crippen molar-refractivity contribution in [2.45, 2.75) is 20.3 Å². The van der Waals surface area contributed by atoms with Crippen LogP contribution >= 0.6 is 0 Å². The lowest BCUT2D eigenvalue weighted by molar-refractivity contribution is -0.118. The molecule has 11 heavy (non-hydrogen) atoms. The van der Waals surface area contributed by atoms with Gasteiger partial charge in [-0.3, -0.25) is 4.79 Å². The summed E-state index contributed by atoms with van der Waals surface area (Å²) in [7, 11) is 1.61. The van der Waals surface area contributed by atoms with Crippen LogP contribution in [0.1, 0.15) is 20.3 Å². The van der Waals surface area contributed by atoms with E-state index in [4.69, 9.17) is 4.74 Å². The normalized spacial score (nSPS) is 24.2. The summed E-state index contributed by atoms with van der Waals surface area (Å²) in [6, 6.07) is 0. The van der Waals surface area contributed by atoms with Gasteiger partial charge in [-0.1, -0.05) is 13.8 Å². The maximum absolute atomic E-state index is 11.2. The van der Waals surface area contributed by atoms with Gasteiger partial charge in [0.2, 0.25) is 0 Å². The summed E-state index contributed by atoms with van der Waals surface area (Å²) in [5.74, 6) is 1.63. The fourth-order valence-corrected chi connectivity index (χ4v) is 1.35. The first kappa shape index (κ1) is 8.31. The maximum atomic E-state index is 11.2. The zero-order valence-corrected chi connectivity index (χ0v) is 7.26. The predicted octanol–water partition coefficient (Wildman–Crippen LogP) is 1.76. The van der Waals surface area contributed by atoms with E-state index in [-0.39, 0.29) is 11.7 Å². The Hall–Kier alpha value is -0.790. The Balaban J connectivity index is 2.62. The second-order valence-electron chi connectivity index (χ2n) is 3.27. The van der Waals surface area contributed by atoms with Crippen LogP contribution in [0.3, 0.4) is 0 Å². The first-order valence-electron chi connectivity index (χ1n) is 3.93. The Labute approximate surface area is 67.2 Å². The second kappa shape index (κ2) is 3.07. The van der Waals surface area contributed by atoms with Crippen molar-refractivity contribution in [3.05, 3.63) is 11.8 Å². The lowest BCUT2D eigenvalue weighted by Crippen LogP contribution is -2.13. The second-order valence-corrected chi connectivity index (χ2v) is 3.27. The van der Waals surface area contributed by atoms with E-state index < -0.39 is 0 Å². The van der Waals surface area contributed by atoms with E-state index in [9.17, 15) is 4.79 Å². The molecule has 1 unspecified atom stereocenters. The number of ketones is 1. The number of ether oxygens (including phenoxy) is 1. The monoisotopic (exact) mass is 154 g/mol. The lowest BCUT2D eigenvalue weighted by Gasteiger charge is -2.11. The maximum Gasteiger partial charge on any atom is 0.162 e. The molecule has 1 aliphatic carbocycles. The molecule has 62 valence electrons. The molecule has 0 amide bonds. The molecule has 1 aliphatic rings. The van der Waals surface area contributed by atoms with Crippen LogP contribution in [0, 0.1) is 11.8 Å². The largest absolute Gasteiger partial charge is 0.501 e. The Morgan fingerprint density at radius 1 is 1.64 bits per heavy atom. The molecule has 0 aliphatic heterocycles. The van der Waals surface area contributed by atoms with Crippen molar-refractivity contribution in [3.8, 4) is 0 Å². The van der Waals surface area contributed by atoms with Crippen molar-refractivity contribution in [2.75, 3.05) is 7.11 Å². The van der Waals surface area contributed by atoms with Crippen LogP contribution in [0.5, 0.6) is 0 Å². The Morgan fingerprint density at radius 2 is 2.27 bits per heavy atom. The molecule has 1 rings (SSSR count). The summed E-state index contributed by atoms with van der Waals surface area (Å²) in [5.41, 5.74) is 0. The van der Waals surface area contributed by atoms with Gasteiger partial charge in [0, 0.05) is 18.4 Å². The number of rotatable bonds is 2. The summed E-state index contributed by atoms with van der Waals surface area (Å²) in [6.45, 7) is 4.13. The third-order valence-corrected chi connectivity index (χ3v) is 2.16. The Bertz CT molecular complexity index is 192. The molecule has 0 fully saturated rings. The Kier molecular flexibility index (Phi) is 2.32. The molecule has 0 saturated heterocycles. The highest BCUT2D eigenvalue weighted by molar-refractivity contribution is 5.94. The van der Waals surface area contributed by atoms with Crippen LogP contribution in [0.15, 0.2) is 11.8 Å². The van der Waals surface area contributed by atoms with Crippen LogP contribution in [-0.4, -0.2) is 12.9 Å². The molecule has 0 saturated carbocycles. The summed E-state index contributed by atoms with van der Waals surface area (Å²) in [4.78, 5) is 11.2. The van der Waals surface area contributed by atoms with Crippen molar-refractivity contribution < 1.29 is 9.53 Å². The molecular weight excluding hydrogens is 140 g/mol. The van der Waals surface area contributed by atoms with Gasteiger partial charge in [0.15, 0.2) is 5.78 Å². The van der Waals surface area contributed by atoms with E-state index >= 15 is 0 Å². The van der Waals surface area contributed by atoms with Crippen LogP contribution in [0.4, 0.5) is 0 Å². The molecule has 0 N–H and O–H groups in total. The van der Waals surface area contributed by atoms with Crippen molar-refractivity contribution >= 4 is 5.78 Å². The summed E-state index contributed by atoms with van der Waals surface area (Å²) >= 11 is 0. The van der Waals surface area contributed by atoms with E-state index in [0.29, 0.717) is 5.92 Å². The van der Waals surface area contributed by atoms with Crippen molar-refractivity contribution in [1.29, 1.82) is 0 Å². The number of hydrogen-bond donors (Lipinski definition) is 0. The first-order chi connectivity index (χ1) is 5.15. The van der Waals surface area contributed by atoms with Crippen LogP contribution < -0.4 is 0 Å². The van der Waals surface area contributed by atoms with Gasteiger partial charge in [0.1, 0.15) is 0 Å². The SMILES string of the molecule is COC1=CC(=O)C(C(C)C)C1. The van der Waals surface area contributed by atoms with E-state index in [1.165, 1.54) is 0 Å². The van der Waals surface area contributed by atoms with Gasteiger partial charge in [-0.15, -0.1) is 0 Å². The smallest absolute Gasteiger partial charge is 0.162 e. The van der Waals surface area contributed by atoms with Gasteiger partial charge >= 0.3 is 0 Å². The zero-order chi connectivity index (χ0) is 8.43. The van der Waals surface area contributed by atoms with E-state index in [1.54, 1.807) is 13.2 Å². The summed E-state index contributed by atoms with van der Waals surface area (Å²) in [6.07, 6.45) is 2.40. The van der Waals surface area contributed by atoms with Gasteiger partial charge in [-0.05, 0) is 5.92 Å². The minimum Gasteiger partial charge on any atom is -0.501 e. The minimum atomic E-state index is 0.157. The predicted molar refractivity (Wildman–Crippen MR) is 43.0 cm³/mol. The standard InChI is InChI=1S/C9H14O2/c1-6(2)8-4-7(11-3)5-9(8)10/h5-6,8H,4H2,1-3H3. The quantitative estimate of drug-likeness (QED) is 0.605. The number of carbonyl (C=O) groups is 1. The van der Waals surface area contributed by atoms with Crippen LogP contribution in [0.25, 0.3) is 0 Å². The topological polar surface area (TPSA) is 26.3 Å². The molecule has 0 aromatic heterocycles. The van der Waals surface area contributed by atoms with Gasteiger partial charge in [0.25, 0.3) is 0 Å². The van der Waals surface area contributed by atoms with Crippen LogP contribution in [0.2, 0.25) is 0 Å². The molecule has 0 heterocycles. The fraction of sp³-hybridized carbons (Fsp3) is 0.667. The van der Waals surface area contributed by atoms with Crippen molar-refractivity contribution in [1.82, 2.24) is 0 Å². The third kappa shape index (κ3) is 1.62. The number of allylic oxidation sites excluding steroid dienone is 2. The number of methoxy groups -OCH3 is 1. The van der Waals surface area contributed by atoms with E-state index in [2.05, 4.69) is 13.8 Å².